The van der Waals surface area contributed by atoms with Gasteiger partial charge in [0.1, 0.15) is 0 Å². The van der Waals surface area contributed by atoms with Crippen molar-refractivity contribution in [1.29, 1.82) is 0 Å². The Morgan fingerprint density at radius 3 is 2.78 bits per heavy atom. The lowest BCUT2D eigenvalue weighted by molar-refractivity contribution is -0.146. The van der Waals surface area contributed by atoms with Gasteiger partial charge in [0.25, 0.3) is 0 Å². The summed E-state index contributed by atoms with van der Waals surface area (Å²) in [5.41, 5.74) is 2.60. The highest BCUT2D eigenvalue weighted by Crippen LogP contribution is 2.30. The molecule has 4 nitrogen and oxygen atoms in total. The molecule has 0 spiro atoms. The molecule has 2 rings (SSSR count). The van der Waals surface area contributed by atoms with Crippen molar-refractivity contribution in [3.05, 3.63) is 29.8 Å². The van der Waals surface area contributed by atoms with Gasteiger partial charge < -0.3 is 14.5 Å². The fourth-order valence-electron chi connectivity index (χ4n) is 3.26. The zero-order valence-electron chi connectivity index (χ0n) is 14.8. The number of fused-ring (bicyclic) bond motifs is 1. The average Bonchev–Trinajstić information content (AvgIpc) is 2.52. The number of benzene rings is 1. The van der Waals surface area contributed by atoms with Crippen molar-refractivity contribution in [3.8, 4) is 0 Å². The van der Waals surface area contributed by atoms with E-state index >= 15 is 0 Å². The van der Waals surface area contributed by atoms with Crippen LogP contribution in [-0.2, 0) is 16.0 Å². The summed E-state index contributed by atoms with van der Waals surface area (Å²) in [6.45, 7) is 3.59. The molecular weight excluding hydrogens is 288 g/mol. The van der Waals surface area contributed by atoms with E-state index in [0.717, 1.165) is 38.8 Å². The maximum Gasteiger partial charge on any atom is 0.304 e. The molecule has 0 amide bonds. The standard InChI is InChI=1S/C19H30N2O2/c1-16(22)23-19(13-5-4-8-14-20(2)3)21-15-9-11-17-10-6-7-12-18(17)21/h6-7,10,12,19H,4-5,8-9,11,13-15H2,1-3H3. The van der Waals surface area contributed by atoms with Crippen molar-refractivity contribution in [3.63, 3.8) is 0 Å². The molecule has 128 valence electrons. The first-order valence-electron chi connectivity index (χ1n) is 8.74. The van der Waals surface area contributed by atoms with Gasteiger partial charge in [-0.15, -0.1) is 0 Å². The minimum Gasteiger partial charge on any atom is -0.442 e. The van der Waals surface area contributed by atoms with E-state index in [4.69, 9.17) is 4.74 Å². The fourth-order valence-corrected chi connectivity index (χ4v) is 3.26. The van der Waals surface area contributed by atoms with Crippen LogP contribution in [0, 0.1) is 0 Å². The summed E-state index contributed by atoms with van der Waals surface area (Å²) >= 11 is 0. The molecule has 1 aromatic rings. The third-order valence-electron chi connectivity index (χ3n) is 4.35. The van der Waals surface area contributed by atoms with Crippen molar-refractivity contribution < 1.29 is 9.53 Å². The predicted octanol–water partition coefficient (Wildman–Crippen LogP) is 3.45. The molecule has 0 bridgehead atoms. The van der Waals surface area contributed by atoms with Gasteiger partial charge in [0.15, 0.2) is 6.23 Å². The monoisotopic (exact) mass is 318 g/mol. The van der Waals surface area contributed by atoms with Crippen LogP contribution in [0.5, 0.6) is 0 Å². The second-order valence-electron chi connectivity index (χ2n) is 6.64. The van der Waals surface area contributed by atoms with Gasteiger partial charge in [0.05, 0.1) is 0 Å². The number of ether oxygens (including phenoxy) is 1. The van der Waals surface area contributed by atoms with Crippen LogP contribution in [0.15, 0.2) is 24.3 Å². The molecule has 0 radical (unpaired) electrons. The normalized spacial score (nSPS) is 15.4. The molecular formula is C19H30N2O2. The van der Waals surface area contributed by atoms with Gasteiger partial charge in [-0.1, -0.05) is 24.6 Å². The second kappa shape index (κ2) is 8.92. The van der Waals surface area contributed by atoms with Crippen LogP contribution in [0.2, 0.25) is 0 Å². The molecule has 23 heavy (non-hydrogen) atoms. The number of rotatable bonds is 8. The molecule has 1 heterocycles. The molecule has 0 aliphatic carbocycles. The first kappa shape index (κ1) is 17.8. The van der Waals surface area contributed by atoms with Crippen LogP contribution in [0.25, 0.3) is 0 Å². The Bertz CT molecular complexity index is 502. The zero-order valence-corrected chi connectivity index (χ0v) is 14.8. The Hall–Kier alpha value is -1.55. The number of hydrogen-bond donors (Lipinski definition) is 0. The number of para-hydroxylation sites is 1. The lowest BCUT2D eigenvalue weighted by Crippen LogP contribution is -2.41. The molecule has 0 fully saturated rings. The Kier molecular flexibility index (Phi) is 6.90. The molecule has 4 heteroatoms. The van der Waals surface area contributed by atoms with Crippen LogP contribution in [0.4, 0.5) is 5.69 Å². The number of aryl methyl sites for hydroxylation is 1. The van der Waals surface area contributed by atoms with Crippen LogP contribution >= 0.6 is 0 Å². The summed E-state index contributed by atoms with van der Waals surface area (Å²) < 4.78 is 5.65. The SMILES string of the molecule is CC(=O)OC(CCCCCN(C)C)N1CCCc2ccccc21. The van der Waals surface area contributed by atoms with Gasteiger partial charge in [0.2, 0.25) is 0 Å². The maximum absolute atomic E-state index is 11.5. The topological polar surface area (TPSA) is 32.8 Å². The van der Waals surface area contributed by atoms with Crippen LogP contribution in [0.3, 0.4) is 0 Å². The van der Waals surface area contributed by atoms with Crippen molar-refractivity contribution in [1.82, 2.24) is 4.90 Å². The summed E-state index contributed by atoms with van der Waals surface area (Å²) in [6.07, 6.45) is 6.46. The smallest absolute Gasteiger partial charge is 0.304 e. The molecule has 1 aliphatic rings. The maximum atomic E-state index is 11.5. The van der Waals surface area contributed by atoms with Crippen LogP contribution < -0.4 is 4.90 Å². The van der Waals surface area contributed by atoms with Crippen molar-refractivity contribution >= 4 is 11.7 Å². The predicted molar refractivity (Wildman–Crippen MR) is 94.7 cm³/mol. The number of anilines is 1. The Balaban J connectivity index is 1.97. The molecule has 1 aliphatic heterocycles. The molecule has 0 saturated carbocycles. The number of hydrogen-bond acceptors (Lipinski definition) is 4. The lowest BCUT2D eigenvalue weighted by atomic mass is 10.0. The minimum atomic E-state index is -0.189. The zero-order chi connectivity index (χ0) is 16.7. The van der Waals surface area contributed by atoms with E-state index < -0.39 is 0 Å². The highest BCUT2D eigenvalue weighted by Gasteiger charge is 2.25. The van der Waals surface area contributed by atoms with E-state index in [0.29, 0.717) is 0 Å². The third kappa shape index (κ3) is 5.54. The van der Waals surface area contributed by atoms with Gasteiger partial charge in [-0.05, 0) is 58.0 Å². The molecule has 0 N–H and O–H groups in total. The van der Waals surface area contributed by atoms with Crippen LogP contribution in [0.1, 0.15) is 44.6 Å². The first-order valence-corrected chi connectivity index (χ1v) is 8.74. The Morgan fingerprint density at radius 2 is 2.04 bits per heavy atom. The van der Waals surface area contributed by atoms with Gasteiger partial charge in [-0.2, -0.15) is 0 Å². The largest absolute Gasteiger partial charge is 0.442 e. The third-order valence-corrected chi connectivity index (χ3v) is 4.35. The highest BCUT2D eigenvalue weighted by atomic mass is 16.6. The van der Waals surface area contributed by atoms with Gasteiger partial charge in [-0.25, -0.2) is 0 Å². The Labute approximate surface area is 140 Å². The van der Waals surface area contributed by atoms with E-state index in [2.05, 4.69) is 48.2 Å². The summed E-state index contributed by atoms with van der Waals surface area (Å²) in [5.74, 6) is -0.189. The van der Waals surface area contributed by atoms with E-state index in [-0.39, 0.29) is 12.2 Å². The molecule has 1 unspecified atom stereocenters. The average molecular weight is 318 g/mol. The summed E-state index contributed by atoms with van der Waals surface area (Å²) in [5, 5.41) is 0. The molecule has 1 aromatic carbocycles. The summed E-state index contributed by atoms with van der Waals surface area (Å²) in [6, 6.07) is 8.49. The molecule has 1 atom stereocenters. The number of carbonyl (C=O) groups is 1. The number of nitrogens with zero attached hydrogens (tertiary/aromatic N) is 2. The van der Waals surface area contributed by atoms with E-state index in [1.807, 2.05) is 0 Å². The van der Waals surface area contributed by atoms with E-state index in [1.165, 1.54) is 31.0 Å². The van der Waals surface area contributed by atoms with Gasteiger partial charge >= 0.3 is 5.97 Å². The number of unbranched alkanes of at least 4 members (excludes halogenated alkanes) is 2. The first-order chi connectivity index (χ1) is 11.1. The minimum absolute atomic E-state index is 0.131. The number of esters is 1. The second-order valence-corrected chi connectivity index (χ2v) is 6.64. The van der Waals surface area contributed by atoms with Crippen LogP contribution in [-0.4, -0.2) is 44.3 Å². The number of carbonyl (C=O) groups excluding carboxylic acids is 1. The summed E-state index contributed by atoms with van der Waals surface area (Å²) in [7, 11) is 4.21. The molecule has 0 aromatic heterocycles. The van der Waals surface area contributed by atoms with Gasteiger partial charge in [-0.3, -0.25) is 4.79 Å². The van der Waals surface area contributed by atoms with Gasteiger partial charge in [0, 0.05) is 25.6 Å². The fraction of sp³-hybridized carbons (Fsp3) is 0.632. The summed E-state index contributed by atoms with van der Waals surface area (Å²) in [4.78, 5) is 16.0. The quantitative estimate of drug-likeness (QED) is 0.543. The van der Waals surface area contributed by atoms with E-state index in [1.54, 1.807) is 0 Å². The molecule has 0 saturated heterocycles. The van der Waals surface area contributed by atoms with Crippen molar-refractivity contribution in [2.45, 2.75) is 51.7 Å². The highest BCUT2D eigenvalue weighted by molar-refractivity contribution is 5.67. The Morgan fingerprint density at radius 1 is 1.26 bits per heavy atom. The van der Waals surface area contributed by atoms with Crippen molar-refractivity contribution in [2.75, 3.05) is 32.1 Å². The van der Waals surface area contributed by atoms with E-state index in [9.17, 15) is 4.79 Å². The van der Waals surface area contributed by atoms with Crippen molar-refractivity contribution in [2.24, 2.45) is 0 Å². The lowest BCUT2D eigenvalue weighted by Gasteiger charge is -2.37.